The van der Waals surface area contributed by atoms with Crippen molar-refractivity contribution in [2.75, 3.05) is 33.2 Å². The molecule has 2 N–H and O–H groups in total. The lowest BCUT2D eigenvalue weighted by atomic mass is 10.4. The van der Waals surface area contributed by atoms with Crippen molar-refractivity contribution in [3.05, 3.63) is 22.4 Å². The van der Waals surface area contributed by atoms with E-state index in [1.165, 1.54) is 4.88 Å². The Bertz CT molecular complexity index is 336. The Hall–Kier alpha value is -0.340. The SMILES string of the molecule is CCN(CC)CCNC(=NC)NCc1cccs1.I. The highest BCUT2D eigenvalue weighted by atomic mass is 127. The van der Waals surface area contributed by atoms with Crippen LogP contribution in [0.15, 0.2) is 22.5 Å². The molecule has 0 bridgehead atoms. The van der Waals surface area contributed by atoms with Crippen molar-refractivity contribution >= 4 is 41.3 Å². The summed E-state index contributed by atoms with van der Waals surface area (Å²) in [4.78, 5) is 7.93. The summed E-state index contributed by atoms with van der Waals surface area (Å²) in [6, 6.07) is 4.19. The standard InChI is InChI=1S/C13H24N4S.HI/c1-4-17(5-2)9-8-15-13(14-3)16-11-12-7-6-10-18-12;/h6-7,10H,4-5,8-9,11H2,1-3H3,(H2,14,15,16);1H. The van der Waals surface area contributed by atoms with Crippen LogP contribution >= 0.6 is 35.3 Å². The maximum atomic E-state index is 4.22. The van der Waals surface area contributed by atoms with E-state index in [9.17, 15) is 0 Å². The Labute approximate surface area is 137 Å². The zero-order valence-electron chi connectivity index (χ0n) is 12.0. The average molecular weight is 396 g/mol. The summed E-state index contributed by atoms with van der Waals surface area (Å²) < 4.78 is 0. The van der Waals surface area contributed by atoms with E-state index in [2.05, 4.69) is 51.9 Å². The van der Waals surface area contributed by atoms with E-state index in [0.29, 0.717) is 0 Å². The van der Waals surface area contributed by atoms with Crippen LogP contribution < -0.4 is 10.6 Å². The van der Waals surface area contributed by atoms with Gasteiger partial charge in [-0.05, 0) is 24.5 Å². The molecule has 0 radical (unpaired) electrons. The number of hydrogen-bond acceptors (Lipinski definition) is 3. The number of thiophene rings is 1. The van der Waals surface area contributed by atoms with E-state index < -0.39 is 0 Å². The van der Waals surface area contributed by atoms with Crippen molar-refractivity contribution in [3.63, 3.8) is 0 Å². The third-order valence-corrected chi connectivity index (χ3v) is 3.73. The molecule has 0 atom stereocenters. The van der Waals surface area contributed by atoms with Gasteiger partial charge in [-0.15, -0.1) is 35.3 Å². The number of aliphatic imine (C=N–C) groups is 1. The largest absolute Gasteiger partial charge is 0.355 e. The van der Waals surface area contributed by atoms with Gasteiger partial charge < -0.3 is 15.5 Å². The summed E-state index contributed by atoms with van der Waals surface area (Å²) in [5.74, 6) is 0.871. The van der Waals surface area contributed by atoms with Gasteiger partial charge in [0.15, 0.2) is 5.96 Å². The molecule has 0 amide bonds. The maximum absolute atomic E-state index is 4.22. The highest BCUT2D eigenvalue weighted by molar-refractivity contribution is 14.0. The van der Waals surface area contributed by atoms with E-state index in [-0.39, 0.29) is 24.0 Å². The van der Waals surface area contributed by atoms with E-state index in [1.807, 2.05) is 0 Å². The molecule has 4 nitrogen and oxygen atoms in total. The first-order valence-electron chi connectivity index (χ1n) is 6.49. The Balaban J connectivity index is 0.00000324. The van der Waals surface area contributed by atoms with Crippen LogP contribution in [0.3, 0.4) is 0 Å². The fourth-order valence-corrected chi connectivity index (χ4v) is 2.32. The van der Waals surface area contributed by atoms with Gasteiger partial charge in [0.1, 0.15) is 0 Å². The van der Waals surface area contributed by atoms with Crippen molar-refractivity contribution in [3.8, 4) is 0 Å². The molecule has 1 aromatic rings. The van der Waals surface area contributed by atoms with Gasteiger partial charge in [-0.2, -0.15) is 0 Å². The molecule has 1 rings (SSSR count). The average Bonchev–Trinajstić information content (AvgIpc) is 2.91. The molecule has 110 valence electrons. The molecule has 0 aromatic carbocycles. The van der Waals surface area contributed by atoms with Crippen LogP contribution in [-0.2, 0) is 6.54 Å². The predicted molar refractivity (Wildman–Crippen MR) is 95.7 cm³/mol. The lowest BCUT2D eigenvalue weighted by Gasteiger charge is -2.19. The van der Waals surface area contributed by atoms with Gasteiger partial charge in [0.2, 0.25) is 0 Å². The minimum absolute atomic E-state index is 0. The van der Waals surface area contributed by atoms with Gasteiger partial charge in [-0.25, -0.2) is 0 Å². The maximum Gasteiger partial charge on any atom is 0.191 e. The van der Waals surface area contributed by atoms with Crippen LogP contribution in [0, 0.1) is 0 Å². The lowest BCUT2D eigenvalue weighted by Crippen LogP contribution is -2.41. The Morgan fingerprint density at radius 2 is 2.05 bits per heavy atom. The number of likely N-dealkylation sites (N-methyl/N-ethyl adjacent to an activating group) is 1. The summed E-state index contributed by atoms with van der Waals surface area (Å²) >= 11 is 1.76. The smallest absolute Gasteiger partial charge is 0.191 e. The zero-order valence-corrected chi connectivity index (χ0v) is 15.1. The first kappa shape index (κ1) is 18.7. The molecule has 1 aromatic heterocycles. The normalized spacial score (nSPS) is 11.3. The second-order valence-corrected chi connectivity index (χ2v) is 4.99. The second kappa shape index (κ2) is 11.5. The highest BCUT2D eigenvalue weighted by Crippen LogP contribution is 2.06. The van der Waals surface area contributed by atoms with Gasteiger partial charge in [-0.3, -0.25) is 4.99 Å². The summed E-state index contributed by atoms with van der Waals surface area (Å²) in [6.07, 6.45) is 0. The molecule has 1 heterocycles. The fourth-order valence-electron chi connectivity index (χ4n) is 1.68. The summed E-state index contributed by atoms with van der Waals surface area (Å²) in [7, 11) is 1.81. The van der Waals surface area contributed by atoms with Crippen molar-refractivity contribution in [2.45, 2.75) is 20.4 Å². The van der Waals surface area contributed by atoms with Crippen molar-refractivity contribution in [1.82, 2.24) is 15.5 Å². The van der Waals surface area contributed by atoms with Gasteiger partial charge in [0.25, 0.3) is 0 Å². The molecule has 0 spiro atoms. The fraction of sp³-hybridized carbons (Fsp3) is 0.615. The third kappa shape index (κ3) is 7.74. The monoisotopic (exact) mass is 396 g/mol. The molecule has 0 saturated heterocycles. The van der Waals surface area contributed by atoms with Crippen LogP contribution in [-0.4, -0.2) is 44.1 Å². The zero-order chi connectivity index (χ0) is 13.2. The number of nitrogens with zero attached hydrogens (tertiary/aromatic N) is 2. The van der Waals surface area contributed by atoms with Crippen molar-refractivity contribution in [1.29, 1.82) is 0 Å². The quantitative estimate of drug-likeness (QED) is 0.422. The number of rotatable bonds is 7. The van der Waals surface area contributed by atoms with Gasteiger partial charge >= 0.3 is 0 Å². The molecular formula is C13H25IN4S. The summed E-state index contributed by atoms with van der Waals surface area (Å²) in [5, 5.41) is 8.74. The third-order valence-electron chi connectivity index (χ3n) is 2.85. The van der Waals surface area contributed by atoms with Crippen LogP contribution in [0.4, 0.5) is 0 Å². The Kier molecular flexibility index (Phi) is 11.3. The topological polar surface area (TPSA) is 39.7 Å². The lowest BCUT2D eigenvalue weighted by molar-refractivity contribution is 0.308. The number of guanidine groups is 1. The summed E-state index contributed by atoms with van der Waals surface area (Å²) in [5.41, 5.74) is 0. The van der Waals surface area contributed by atoms with E-state index >= 15 is 0 Å². The van der Waals surface area contributed by atoms with Crippen molar-refractivity contribution < 1.29 is 0 Å². The molecule has 0 aliphatic carbocycles. The van der Waals surface area contributed by atoms with Gasteiger partial charge in [0, 0.05) is 25.0 Å². The Morgan fingerprint density at radius 1 is 1.32 bits per heavy atom. The highest BCUT2D eigenvalue weighted by Gasteiger charge is 2.01. The number of nitrogens with one attached hydrogen (secondary N) is 2. The van der Waals surface area contributed by atoms with Crippen LogP contribution in [0.2, 0.25) is 0 Å². The van der Waals surface area contributed by atoms with E-state index in [1.54, 1.807) is 18.4 Å². The minimum atomic E-state index is 0. The molecule has 0 saturated carbocycles. The molecular weight excluding hydrogens is 371 g/mol. The van der Waals surface area contributed by atoms with E-state index in [0.717, 1.165) is 38.7 Å². The van der Waals surface area contributed by atoms with Crippen LogP contribution in [0.5, 0.6) is 0 Å². The number of hydrogen-bond donors (Lipinski definition) is 2. The van der Waals surface area contributed by atoms with E-state index in [4.69, 9.17) is 0 Å². The molecule has 0 fully saturated rings. The summed E-state index contributed by atoms with van der Waals surface area (Å²) in [6.45, 7) is 9.38. The van der Waals surface area contributed by atoms with Crippen LogP contribution in [0.25, 0.3) is 0 Å². The first-order valence-corrected chi connectivity index (χ1v) is 7.37. The first-order chi connectivity index (χ1) is 8.80. The van der Waals surface area contributed by atoms with Gasteiger partial charge in [-0.1, -0.05) is 19.9 Å². The Morgan fingerprint density at radius 3 is 2.58 bits per heavy atom. The molecule has 0 aliphatic heterocycles. The molecule has 19 heavy (non-hydrogen) atoms. The minimum Gasteiger partial charge on any atom is -0.355 e. The molecule has 6 heteroatoms. The molecule has 0 unspecified atom stereocenters. The predicted octanol–water partition coefficient (Wildman–Crippen LogP) is 2.37. The van der Waals surface area contributed by atoms with Gasteiger partial charge in [0.05, 0.1) is 6.54 Å². The second-order valence-electron chi connectivity index (χ2n) is 3.96. The van der Waals surface area contributed by atoms with Crippen LogP contribution in [0.1, 0.15) is 18.7 Å². The molecule has 0 aliphatic rings. The van der Waals surface area contributed by atoms with Crippen molar-refractivity contribution in [2.24, 2.45) is 4.99 Å². The number of halogens is 1.